The molecule has 0 amide bonds. The number of pyridine rings is 1. The summed E-state index contributed by atoms with van der Waals surface area (Å²) in [6.07, 6.45) is 2.34. The van der Waals surface area contributed by atoms with E-state index in [-0.39, 0.29) is 11.9 Å². The summed E-state index contributed by atoms with van der Waals surface area (Å²) in [6, 6.07) is 8.72. The van der Waals surface area contributed by atoms with Crippen molar-refractivity contribution in [1.29, 1.82) is 0 Å². The second-order valence-electron chi connectivity index (χ2n) is 4.56. The van der Waals surface area contributed by atoms with Gasteiger partial charge in [-0.25, -0.2) is 9.37 Å². The molecule has 0 aliphatic rings. The lowest BCUT2D eigenvalue weighted by Gasteiger charge is -2.19. The molecule has 0 aliphatic heterocycles. The van der Waals surface area contributed by atoms with Crippen molar-refractivity contribution in [3.63, 3.8) is 0 Å². The molecule has 0 aliphatic carbocycles. The van der Waals surface area contributed by atoms with Crippen LogP contribution in [0.25, 0.3) is 0 Å². The smallest absolute Gasteiger partial charge is 0.126 e. The maximum absolute atomic E-state index is 13.6. The highest BCUT2D eigenvalue weighted by Crippen LogP contribution is 2.24. The number of halogens is 2. The fraction of sp³-hybridized carbons (Fsp3) is 0.267. The topological polar surface area (TPSA) is 50.9 Å². The minimum absolute atomic E-state index is 0.00139. The number of anilines is 1. The van der Waals surface area contributed by atoms with E-state index in [1.165, 1.54) is 6.07 Å². The van der Waals surface area contributed by atoms with Gasteiger partial charge >= 0.3 is 0 Å². The van der Waals surface area contributed by atoms with Gasteiger partial charge < -0.3 is 11.1 Å². The summed E-state index contributed by atoms with van der Waals surface area (Å²) in [5, 5.41) is 3.36. The molecule has 0 spiro atoms. The first-order chi connectivity index (χ1) is 9.60. The molecule has 0 radical (unpaired) electrons. The van der Waals surface area contributed by atoms with Crippen LogP contribution in [-0.4, -0.2) is 11.5 Å². The van der Waals surface area contributed by atoms with E-state index in [4.69, 9.17) is 5.73 Å². The fourth-order valence-electron chi connectivity index (χ4n) is 2.17. The van der Waals surface area contributed by atoms with Crippen molar-refractivity contribution >= 4 is 21.7 Å². The monoisotopic (exact) mass is 337 g/mol. The number of benzene rings is 1. The molecular weight excluding hydrogens is 321 g/mol. The van der Waals surface area contributed by atoms with Crippen LogP contribution in [0.15, 0.2) is 41.0 Å². The van der Waals surface area contributed by atoms with E-state index in [9.17, 15) is 4.39 Å². The van der Waals surface area contributed by atoms with Gasteiger partial charge in [0.1, 0.15) is 11.6 Å². The van der Waals surface area contributed by atoms with Crippen LogP contribution < -0.4 is 11.1 Å². The Balaban J connectivity index is 2.29. The molecule has 20 heavy (non-hydrogen) atoms. The molecule has 0 fully saturated rings. The molecule has 5 heteroatoms. The maximum Gasteiger partial charge on any atom is 0.126 e. The Bertz CT molecular complexity index is 569. The molecule has 2 rings (SSSR count). The second kappa shape index (κ2) is 6.81. The lowest BCUT2D eigenvalue weighted by molar-refractivity contribution is 0.542. The Morgan fingerprint density at radius 2 is 2.20 bits per heavy atom. The predicted octanol–water partition coefficient (Wildman–Crippen LogP) is 3.46. The number of hydrogen-bond donors (Lipinski definition) is 2. The van der Waals surface area contributed by atoms with Crippen molar-refractivity contribution in [3.8, 4) is 0 Å². The van der Waals surface area contributed by atoms with Gasteiger partial charge in [-0.05, 0) is 48.4 Å². The Hall–Kier alpha value is -1.46. The van der Waals surface area contributed by atoms with E-state index < -0.39 is 0 Å². The second-order valence-corrected chi connectivity index (χ2v) is 5.48. The molecule has 2 aromatic rings. The Morgan fingerprint density at radius 3 is 2.85 bits per heavy atom. The van der Waals surface area contributed by atoms with Gasteiger partial charge in [-0.2, -0.15) is 0 Å². The maximum atomic E-state index is 13.6. The SMILES string of the molecule is CCNC(Cc1cccnc1N)c1cc(F)cc(Br)c1. The summed E-state index contributed by atoms with van der Waals surface area (Å²) in [7, 11) is 0. The summed E-state index contributed by atoms with van der Waals surface area (Å²) in [5.74, 6) is 0.266. The molecule has 0 saturated carbocycles. The number of likely N-dealkylation sites (N-methyl/N-ethyl adjacent to an activating group) is 1. The van der Waals surface area contributed by atoms with Crippen LogP contribution in [0.1, 0.15) is 24.1 Å². The zero-order valence-electron chi connectivity index (χ0n) is 11.2. The third-order valence-electron chi connectivity index (χ3n) is 3.09. The third-order valence-corrected chi connectivity index (χ3v) is 3.55. The van der Waals surface area contributed by atoms with E-state index >= 15 is 0 Å². The van der Waals surface area contributed by atoms with E-state index in [0.29, 0.717) is 12.2 Å². The summed E-state index contributed by atoms with van der Waals surface area (Å²) >= 11 is 3.33. The summed E-state index contributed by atoms with van der Waals surface area (Å²) in [6.45, 7) is 2.81. The standard InChI is InChI=1S/C15H17BrFN3/c1-2-19-14(8-10-4-3-5-20-15(10)18)11-6-12(16)9-13(17)7-11/h3-7,9,14,19H,2,8H2,1H3,(H2,18,20). The number of nitrogens with one attached hydrogen (secondary N) is 1. The number of nitrogens with two attached hydrogens (primary N) is 1. The molecule has 1 heterocycles. The van der Waals surface area contributed by atoms with Gasteiger partial charge in [0.25, 0.3) is 0 Å². The molecule has 0 bridgehead atoms. The predicted molar refractivity (Wildman–Crippen MR) is 82.9 cm³/mol. The molecule has 1 atom stereocenters. The molecule has 3 nitrogen and oxygen atoms in total. The van der Waals surface area contributed by atoms with E-state index in [1.807, 2.05) is 25.1 Å². The third kappa shape index (κ3) is 3.77. The average Bonchev–Trinajstić information content (AvgIpc) is 2.39. The molecular formula is C15H17BrFN3. The Kier molecular flexibility index (Phi) is 5.09. The highest BCUT2D eigenvalue weighted by molar-refractivity contribution is 9.10. The molecule has 3 N–H and O–H groups in total. The van der Waals surface area contributed by atoms with E-state index in [2.05, 4.69) is 26.2 Å². The van der Waals surface area contributed by atoms with Crippen molar-refractivity contribution in [2.45, 2.75) is 19.4 Å². The zero-order valence-corrected chi connectivity index (χ0v) is 12.8. The van der Waals surface area contributed by atoms with Gasteiger partial charge in [0.15, 0.2) is 0 Å². The van der Waals surface area contributed by atoms with Crippen molar-refractivity contribution in [1.82, 2.24) is 10.3 Å². The first-order valence-corrected chi connectivity index (χ1v) is 7.28. The number of hydrogen-bond acceptors (Lipinski definition) is 3. The lowest BCUT2D eigenvalue weighted by atomic mass is 9.99. The zero-order chi connectivity index (χ0) is 14.5. The van der Waals surface area contributed by atoms with Crippen molar-refractivity contribution in [2.75, 3.05) is 12.3 Å². The van der Waals surface area contributed by atoms with E-state index in [0.717, 1.165) is 22.1 Å². The minimum Gasteiger partial charge on any atom is -0.383 e. The fourth-order valence-corrected chi connectivity index (χ4v) is 2.66. The quantitative estimate of drug-likeness (QED) is 0.878. The van der Waals surface area contributed by atoms with Crippen molar-refractivity contribution in [2.24, 2.45) is 0 Å². The Labute approximate surface area is 126 Å². The first kappa shape index (κ1) is 14.9. The minimum atomic E-state index is -0.253. The largest absolute Gasteiger partial charge is 0.383 e. The molecule has 1 aromatic carbocycles. The summed E-state index contributed by atoms with van der Waals surface area (Å²) in [4.78, 5) is 4.09. The van der Waals surface area contributed by atoms with Crippen molar-refractivity contribution in [3.05, 3.63) is 57.9 Å². The van der Waals surface area contributed by atoms with Gasteiger partial charge in [0.2, 0.25) is 0 Å². The van der Waals surface area contributed by atoms with Gasteiger partial charge in [0, 0.05) is 16.7 Å². The van der Waals surface area contributed by atoms with Crippen LogP contribution in [-0.2, 0) is 6.42 Å². The summed E-state index contributed by atoms with van der Waals surface area (Å²) in [5.41, 5.74) is 7.73. The number of rotatable bonds is 5. The van der Waals surface area contributed by atoms with Crippen LogP contribution in [0, 0.1) is 5.82 Å². The van der Waals surface area contributed by atoms with Crippen molar-refractivity contribution < 1.29 is 4.39 Å². The van der Waals surface area contributed by atoms with Crippen LogP contribution in [0.4, 0.5) is 10.2 Å². The number of aromatic nitrogens is 1. The Morgan fingerprint density at radius 1 is 1.40 bits per heavy atom. The van der Waals surface area contributed by atoms with Gasteiger partial charge in [0.05, 0.1) is 0 Å². The molecule has 0 saturated heterocycles. The van der Waals surface area contributed by atoms with Gasteiger partial charge in [-0.15, -0.1) is 0 Å². The number of nitrogens with zero attached hydrogens (tertiary/aromatic N) is 1. The highest BCUT2D eigenvalue weighted by Gasteiger charge is 2.14. The first-order valence-electron chi connectivity index (χ1n) is 6.49. The van der Waals surface area contributed by atoms with Crippen LogP contribution in [0.2, 0.25) is 0 Å². The normalized spacial score (nSPS) is 12.3. The van der Waals surface area contributed by atoms with Gasteiger partial charge in [-0.1, -0.05) is 28.9 Å². The molecule has 1 aromatic heterocycles. The molecule has 1 unspecified atom stereocenters. The van der Waals surface area contributed by atoms with Crippen LogP contribution >= 0.6 is 15.9 Å². The lowest BCUT2D eigenvalue weighted by Crippen LogP contribution is -2.23. The average molecular weight is 338 g/mol. The van der Waals surface area contributed by atoms with Crippen LogP contribution in [0.3, 0.4) is 0 Å². The van der Waals surface area contributed by atoms with E-state index in [1.54, 1.807) is 12.3 Å². The van der Waals surface area contributed by atoms with Gasteiger partial charge in [-0.3, -0.25) is 0 Å². The molecule has 106 valence electrons. The summed E-state index contributed by atoms with van der Waals surface area (Å²) < 4.78 is 14.3. The number of nitrogen functional groups attached to an aromatic ring is 1. The highest BCUT2D eigenvalue weighted by atomic mass is 79.9. The van der Waals surface area contributed by atoms with Crippen LogP contribution in [0.5, 0.6) is 0 Å².